The van der Waals surface area contributed by atoms with Gasteiger partial charge in [0.15, 0.2) is 5.84 Å². The molecule has 0 radical (unpaired) electrons. The second-order valence-electron chi connectivity index (χ2n) is 9.27. The molecular formula is C30H24ClN5O2S. The van der Waals surface area contributed by atoms with Crippen molar-refractivity contribution in [3.05, 3.63) is 106 Å². The quantitative estimate of drug-likeness (QED) is 0.271. The lowest BCUT2D eigenvalue weighted by atomic mass is 10.1. The number of fused-ring (bicyclic) bond motifs is 2. The number of carbonyl (C=O) groups is 1. The molecule has 0 atom stereocenters. The summed E-state index contributed by atoms with van der Waals surface area (Å²) in [6.07, 6.45) is 3.71. The summed E-state index contributed by atoms with van der Waals surface area (Å²) in [6, 6.07) is 21.5. The van der Waals surface area contributed by atoms with Crippen LogP contribution in [0.1, 0.15) is 22.3 Å². The SMILES string of the molecule is Cc1cccc(C)c1OCCn1cc(/C=C2/C(=N)N3N=C(c4ccccc4Cl)SC3=NC2=O)c2ccccc21. The van der Waals surface area contributed by atoms with Gasteiger partial charge < -0.3 is 9.30 Å². The van der Waals surface area contributed by atoms with E-state index in [9.17, 15) is 4.79 Å². The number of amides is 1. The van der Waals surface area contributed by atoms with Gasteiger partial charge in [-0.3, -0.25) is 10.2 Å². The number of para-hydroxylation sites is 2. The Bertz CT molecular complexity index is 1730. The molecule has 1 N–H and O–H groups in total. The van der Waals surface area contributed by atoms with Gasteiger partial charge in [-0.15, -0.1) is 0 Å². The van der Waals surface area contributed by atoms with E-state index >= 15 is 0 Å². The van der Waals surface area contributed by atoms with E-state index in [2.05, 4.69) is 14.7 Å². The number of benzene rings is 3. The zero-order chi connectivity index (χ0) is 27.1. The molecule has 2 aliphatic heterocycles. The molecule has 0 fully saturated rings. The van der Waals surface area contributed by atoms with Crippen LogP contribution in [0.5, 0.6) is 5.75 Å². The van der Waals surface area contributed by atoms with Crippen molar-refractivity contribution in [2.24, 2.45) is 10.1 Å². The van der Waals surface area contributed by atoms with Gasteiger partial charge in [-0.05, 0) is 54.9 Å². The lowest BCUT2D eigenvalue weighted by molar-refractivity contribution is -0.114. The van der Waals surface area contributed by atoms with E-state index in [-0.39, 0.29) is 11.4 Å². The third kappa shape index (κ3) is 4.66. The van der Waals surface area contributed by atoms with Crippen molar-refractivity contribution in [2.75, 3.05) is 6.61 Å². The Balaban J connectivity index is 1.29. The molecule has 6 rings (SSSR count). The summed E-state index contributed by atoms with van der Waals surface area (Å²) in [6.45, 7) is 5.21. The summed E-state index contributed by atoms with van der Waals surface area (Å²) in [7, 11) is 0. The van der Waals surface area contributed by atoms with Gasteiger partial charge in [0, 0.05) is 28.2 Å². The molecule has 0 aliphatic carbocycles. The molecule has 39 heavy (non-hydrogen) atoms. The number of thioether (sulfide) groups is 1. The number of rotatable bonds is 6. The molecule has 0 unspecified atom stereocenters. The molecular weight excluding hydrogens is 530 g/mol. The number of amidine groups is 2. The molecule has 3 aromatic carbocycles. The number of ether oxygens (including phenoxy) is 1. The monoisotopic (exact) mass is 553 g/mol. The fourth-order valence-electron chi connectivity index (χ4n) is 4.74. The number of aryl methyl sites for hydroxylation is 2. The Morgan fingerprint density at radius 3 is 2.56 bits per heavy atom. The summed E-state index contributed by atoms with van der Waals surface area (Å²) in [5.41, 5.74) is 4.96. The second-order valence-corrected chi connectivity index (χ2v) is 10.6. The Morgan fingerprint density at radius 1 is 1.03 bits per heavy atom. The highest BCUT2D eigenvalue weighted by atomic mass is 35.5. The van der Waals surface area contributed by atoms with E-state index in [1.807, 2.05) is 80.7 Å². The number of halogens is 1. The van der Waals surface area contributed by atoms with E-state index in [0.717, 1.165) is 38.9 Å². The highest BCUT2D eigenvalue weighted by Crippen LogP contribution is 2.34. The average Bonchev–Trinajstić information content (AvgIpc) is 3.50. The maximum Gasteiger partial charge on any atom is 0.283 e. The Morgan fingerprint density at radius 2 is 1.77 bits per heavy atom. The van der Waals surface area contributed by atoms with Crippen molar-refractivity contribution in [1.82, 2.24) is 9.58 Å². The zero-order valence-electron chi connectivity index (χ0n) is 21.3. The van der Waals surface area contributed by atoms with Crippen LogP contribution in [0.25, 0.3) is 17.0 Å². The number of hydrazone groups is 1. The molecule has 4 aromatic rings. The normalized spacial score (nSPS) is 16.1. The predicted octanol–water partition coefficient (Wildman–Crippen LogP) is 6.66. The summed E-state index contributed by atoms with van der Waals surface area (Å²) >= 11 is 7.58. The molecule has 1 aromatic heterocycles. The first kappa shape index (κ1) is 25.2. The van der Waals surface area contributed by atoms with E-state index in [0.29, 0.717) is 28.4 Å². The minimum Gasteiger partial charge on any atom is -0.491 e. The fraction of sp³-hybridized carbons (Fsp3) is 0.133. The van der Waals surface area contributed by atoms with Crippen LogP contribution in [-0.4, -0.2) is 38.1 Å². The molecule has 7 nitrogen and oxygen atoms in total. The lowest BCUT2D eigenvalue weighted by Crippen LogP contribution is -2.35. The smallest absolute Gasteiger partial charge is 0.283 e. The van der Waals surface area contributed by atoms with Crippen molar-refractivity contribution in [2.45, 2.75) is 20.4 Å². The van der Waals surface area contributed by atoms with Crippen LogP contribution in [0.4, 0.5) is 0 Å². The van der Waals surface area contributed by atoms with E-state index in [1.54, 1.807) is 12.1 Å². The number of carbonyl (C=O) groups excluding carboxylic acids is 1. The van der Waals surface area contributed by atoms with Gasteiger partial charge in [0.1, 0.15) is 17.4 Å². The Kier molecular flexibility index (Phi) is 6.58. The molecule has 2 aliphatic rings. The van der Waals surface area contributed by atoms with Crippen LogP contribution in [0.2, 0.25) is 5.02 Å². The molecule has 3 heterocycles. The molecule has 0 bridgehead atoms. The molecule has 0 saturated carbocycles. The van der Waals surface area contributed by atoms with Gasteiger partial charge in [-0.2, -0.15) is 15.1 Å². The maximum atomic E-state index is 13.1. The Labute approximate surface area is 235 Å². The first-order valence-electron chi connectivity index (χ1n) is 12.4. The van der Waals surface area contributed by atoms with Gasteiger partial charge in [0.2, 0.25) is 5.17 Å². The van der Waals surface area contributed by atoms with Crippen molar-refractivity contribution >= 4 is 62.3 Å². The highest BCUT2D eigenvalue weighted by molar-refractivity contribution is 8.27. The van der Waals surface area contributed by atoms with Crippen LogP contribution in [0, 0.1) is 19.3 Å². The fourth-order valence-corrected chi connectivity index (χ4v) is 5.95. The minimum atomic E-state index is -0.468. The van der Waals surface area contributed by atoms with Crippen LogP contribution >= 0.6 is 23.4 Å². The number of nitrogens with zero attached hydrogens (tertiary/aromatic N) is 4. The molecule has 0 saturated heterocycles. The van der Waals surface area contributed by atoms with Crippen LogP contribution < -0.4 is 4.74 Å². The van der Waals surface area contributed by atoms with E-state index < -0.39 is 5.91 Å². The summed E-state index contributed by atoms with van der Waals surface area (Å²) in [5, 5.41) is 17.2. The number of hydrogen-bond acceptors (Lipinski definition) is 5. The first-order valence-corrected chi connectivity index (χ1v) is 13.6. The maximum absolute atomic E-state index is 13.1. The van der Waals surface area contributed by atoms with Gasteiger partial charge in [0.25, 0.3) is 5.91 Å². The average molecular weight is 554 g/mol. The van der Waals surface area contributed by atoms with Gasteiger partial charge in [-0.25, -0.2) is 0 Å². The topological polar surface area (TPSA) is 83.0 Å². The van der Waals surface area contributed by atoms with E-state index in [4.69, 9.17) is 21.7 Å². The minimum absolute atomic E-state index is 0.0188. The third-order valence-electron chi connectivity index (χ3n) is 6.67. The van der Waals surface area contributed by atoms with Crippen LogP contribution in [0.15, 0.2) is 88.6 Å². The second kappa shape index (κ2) is 10.2. The van der Waals surface area contributed by atoms with Crippen LogP contribution in [0.3, 0.4) is 0 Å². The number of aliphatic imine (C=N–C) groups is 1. The van der Waals surface area contributed by atoms with Gasteiger partial charge >= 0.3 is 0 Å². The largest absolute Gasteiger partial charge is 0.491 e. The predicted molar refractivity (Wildman–Crippen MR) is 159 cm³/mol. The lowest BCUT2D eigenvalue weighted by Gasteiger charge is -2.20. The standard InChI is InChI=1S/C30H24ClN5O2S/c1-18-8-7-9-19(2)26(18)38-15-14-35-17-20(21-10-4-6-13-25(21)35)16-23-27(32)36-30(33-28(23)37)39-29(34-36)22-11-3-5-12-24(22)31/h3-13,16-17,32H,14-15H2,1-2H3/b23-16-,32-27?. The summed E-state index contributed by atoms with van der Waals surface area (Å²) in [5.74, 6) is 0.422. The first-order chi connectivity index (χ1) is 18.9. The molecule has 1 amide bonds. The zero-order valence-corrected chi connectivity index (χ0v) is 22.9. The Hall–Kier alpha value is -4.14. The van der Waals surface area contributed by atoms with Crippen molar-refractivity contribution in [3.8, 4) is 5.75 Å². The summed E-state index contributed by atoms with van der Waals surface area (Å²) < 4.78 is 8.25. The van der Waals surface area contributed by atoms with Crippen molar-refractivity contribution < 1.29 is 9.53 Å². The molecule has 194 valence electrons. The number of aromatic nitrogens is 1. The third-order valence-corrected chi connectivity index (χ3v) is 7.94. The van der Waals surface area contributed by atoms with Gasteiger partial charge in [0.05, 0.1) is 17.1 Å². The van der Waals surface area contributed by atoms with E-state index in [1.165, 1.54) is 16.8 Å². The number of hydrogen-bond donors (Lipinski definition) is 1. The molecule has 9 heteroatoms. The van der Waals surface area contributed by atoms with Crippen molar-refractivity contribution in [1.29, 1.82) is 5.41 Å². The van der Waals surface area contributed by atoms with Gasteiger partial charge in [-0.1, -0.05) is 66.2 Å². The highest BCUT2D eigenvalue weighted by Gasteiger charge is 2.36. The van der Waals surface area contributed by atoms with Crippen molar-refractivity contribution in [3.63, 3.8) is 0 Å². The number of nitrogens with one attached hydrogen (secondary N) is 1. The van der Waals surface area contributed by atoms with Crippen LogP contribution in [-0.2, 0) is 11.3 Å². The molecule has 0 spiro atoms. The summed E-state index contributed by atoms with van der Waals surface area (Å²) in [4.78, 5) is 17.3.